The van der Waals surface area contributed by atoms with Crippen LogP contribution in [0.25, 0.3) is 0 Å². The Morgan fingerprint density at radius 2 is 1.29 bits per heavy atom. The fraction of sp³-hybridized carbons (Fsp3) is 0. The van der Waals surface area contributed by atoms with Gasteiger partial charge in [0.15, 0.2) is 0 Å². The van der Waals surface area contributed by atoms with E-state index in [-0.39, 0.29) is 27.5 Å². The maximum atomic E-state index is 8.64. The Balaban J connectivity index is -0.0000000150. The van der Waals surface area contributed by atoms with Crippen LogP contribution in [0.3, 0.4) is 0 Å². The van der Waals surface area contributed by atoms with Crippen LogP contribution in [-0.2, 0) is 0 Å². The number of halogens is 1. The second-order valence-electron chi connectivity index (χ2n) is 0.326. The van der Waals surface area contributed by atoms with Gasteiger partial charge < -0.3 is 25.3 Å². The molecule has 7 heteroatoms. The van der Waals surface area contributed by atoms with Crippen LogP contribution in [0.4, 0.5) is 0 Å². The zero-order chi connectivity index (χ0) is 3.58. The summed E-state index contributed by atoms with van der Waals surface area (Å²) >= 11 is 0. The van der Waals surface area contributed by atoms with Crippen molar-refractivity contribution in [3.63, 3.8) is 0 Å². The van der Waals surface area contributed by atoms with Crippen molar-refractivity contribution in [3.8, 4) is 0 Å². The van der Waals surface area contributed by atoms with Gasteiger partial charge in [-0.2, -0.15) is 0 Å². The van der Waals surface area contributed by atoms with Gasteiger partial charge in [-0.1, -0.05) is 0 Å². The first-order chi connectivity index (χ1) is 1.73. The molecule has 0 spiro atoms. The van der Waals surface area contributed by atoms with Gasteiger partial charge in [-0.25, -0.2) is 0 Å². The largest absolute Gasteiger partial charge is 3.00 e. The number of hydrogen-bond acceptors (Lipinski definition) is 4. The van der Waals surface area contributed by atoms with Gasteiger partial charge in [-0.3, -0.25) is 0 Å². The van der Waals surface area contributed by atoms with Gasteiger partial charge in [0.05, 0.1) is 0 Å². The molecule has 3 N–H and O–H groups in total. The zero-order valence-electron chi connectivity index (χ0n) is 3.28. The van der Waals surface area contributed by atoms with Crippen LogP contribution in [0, 0.1) is 0 Å². The van der Waals surface area contributed by atoms with E-state index >= 15 is 0 Å². The predicted molar refractivity (Wildman–Crippen MR) is 17.9 cm³/mol. The second kappa shape index (κ2) is 16.2. The smallest absolute Gasteiger partial charge is 1.00 e. The molecule has 0 aromatic heterocycles. The molecule has 0 aliphatic rings. The summed E-state index contributed by atoms with van der Waals surface area (Å²) in [7, 11) is -2.42. The second-order valence-corrected chi connectivity index (χ2v) is 0.326. The molecular formula is H3AlBFO4. The third kappa shape index (κ3) is 900. The summed E-state index contributed by atoms with van der Waals surface area (Å²) in [5, 5.41) is 22.8. The van der Waals surface area contributed by atoms with Crippen molar-refractivity contribution < 1.29 is 25.3 Å². The third-order valence-corrected chi connectivity index (χ3v) is 0. The van der Waals surface area contributed by atoms with Crippen LogP contribution in [0.5, 0.6) is 0 Å². The Labute approximate surface area is 50.8 Å². The Hall–Kier alpha value is 0.367. The summed E-state index contributed by atoms with van der Waals surface area (Å²) in [6.45, 7) is 0. The minimum absolute atomic E-state index is 0. The van der Waals surface area contributed by atoms with E-state index in [1.807, 2.05) is 0 Å². The molecule has 0 aromatic rings. The predicted octanol–water partition coefficient (Wildman–Crippen LogP) is -6.24. The van der Waals surface area contributed by atoms with Crippen molar-refractivity contribution in [1.82, 2.24) is 0 Å². The molecule has 0 radical (unpaired) electrons. The van der Waals surface area contributed by atoms with Gasteiger partial charge in [-0.15, -0.1) is 0 Å². The molecule has 0 heterocycles. The Morgan fingerprint density at radius 3 is 1.29 bits per heavy atom. The Bertz CT molecular complexity index is 16.4. The van der Waals surface area contributed by atoms with Crippen LogP contribution in [0.15, 0.2) is 0 Å². The van der Waals surface area contributed by atoms with Crippen LogP contribution < -0.4 is 9.73 Å². The molecule has 0 bridgehead atoms. The van der Waals surface area contributed by atoms with Crippen molar-refractivity contribution in [2.24, 2.45) is 0 Å². The van der Waals surface area contributed by atoms with E-state index in [4.69, 9.17) is 15.1 Å². The zero-order valence-corrected chi connectivity index (χ0v) is 4.44. The monoisotopic (exact) mass is 124 g/mol. The summed E-state index contributed by atoms with van der Waals surface area (Å²) in [5.41, 5.74) is 0. The van der Waals surface area contributed by atoms with Gasteiger partial charge in [0, 0.05) is 0 Å². The minimum Gasteiger partial charge on any atom is -1.00 e. The SMILES string of the molecule is [Al+3].[F-].[O-]B(O)O.[OH-]. The van der Waals surface area contributed by atoms with Crippen molar-refractivity contribution in [2.45, 2.75) is 0 Å². The molecule has 0 amide bonds. The molecule has 0 aromatic carbocycles. The van der Waals surface area contributed by atoms with E-state index in [0.29, 0.717) is 0 Å². The van der Waals surface area contributed by atoms with Crippen molar-refractivity contribution in [1.29, 1.82) is 0 Å². The summed E-state index contributed by atoms with van der Waals surface area (Å²) in [6, 6.07) is 0. The molecule has 4 nitrogen and oxygen atoms in total. The molecule has 0 aliphatic heterocycles. The molecule has 0 saturated heterocycles. The molecule has 7 heavy (non-hydrogen) atoms. The fourth-order valence-electron chi connectivity index (χ4n) is 0. The standard InChI is InChI=1S/Al.BH2O3.FH.H2O/c;2-1(3)4;;/h;2-3H;1H;1H2/q+3;-1;;/p-2. The molecular weight excluding hydrogens is 121 g/mol. The molecule has 0 aliphatic carbocycles. The first-order valence-electron chi connectivity index (χ1n) is 0.752. The van der Waals surface area contributed by atoms with Gasteiger partial charge in [0.2, 0.25) is 0 Å². The van der Waals surface area contributed by atoms with Crippen molar-refractivity contribution in [3.05, 3.63) is 0 Å². The van der Waals surface area contributed by atoms with E-state index in [0.717, 1.165) is 0 Å². The maximum Gasteiger partial charge on any atom is 3.00 e. The fourth-order valence-corrected chi connectivity index (χ4v) is 0. The topological polar surface area (TPSA) is 93.5 Å². The Kier molecular flexibility index (Phi) is 60.9. The van der Waals surface area contributed by atoms with Crippen LogP contribution in [0.2, 0.25) is 0 Å². The van der Waals surface area contributed by atoms with Crippen LogP contribution in [0.1, 0.15) is 0 Å². The molecule has 0 fully saturated rings. The molecule has 0 saturated carbocycles. The minimum atomic E-state index is -2.42. The van der Waals surface area contributed by atoms with Crippen LogP contribution >= 0.6 is 0 Å². The molecule has 0 unspecified atom stereocenters. The summed E-state index contributed by atoms with van der Waals surface area (Å²) in [4.78, 5) is 0. The average Bonchev–Trinajstić information content (AvgIpc) is 0.811. The van der Waals surface area contributed by atoms with Gasteiger partial charge in [-0.05, 0) is 0 Å². The first kappa shape index (κ1) is 26.3. The first-order valence-corrected chi connectivity index (χ1v) is 0.752. The Morgan fingerprint density at radius 1 is 1.29 bits per heavy atom. The van der Waals surface area contributed by atoms with Gasteiger partial charge in [0.1, 0.15) is 0 Å². The quantitative estimate of drug-likeness (QED) is 0.314. The number of rotatable bonds is 0. The number of hydrogen-bond donors (Lipinski definition) is 2. The maximum absolute atomic E-state index is 8.64. The van der Waals surface area contributed by atoms with E-state index < -0.39 is 7.32 Å². The summed E-state index contributed by atoms with van der Waals surface area (Å²) < 4.78 is 0. The van der Waals surface area contributed by atoms with Gasteiger partial charge >= 0.3 is 24.7 Å². The summed E-state index contributed by atoms with van der Waals surface area (Å²) in [5.74, 6) is 0. The average molecular weight is 124 g/mol. The van der Waals surface area contributed by atoms with Crippen molar-refractivity contribution in [2.75, 3.05) is 0 Å². The van der Waals surface area contributed by atoms with E-state index in [9.17, 15) is 0 Å². The molecule has 0 rings (SSSR count). The molecule has 40 valence electrons. The van der Waals surface area contributed by atoms with Crippen LogP contribution in [-0.4, -0.2) is 40.2 Å². The summed E-state index contributed by atoms with van der Waals surface area (Å²) in [6.07, 6.45) is 0. The third-order valence-electron chi connectivity index (χ3n) is 0. The normalized spacial score (nSPS) is 3.86. The van der Waals surface area contributed by atoms with E-state index in [1.54, 1.807) is 0 Å². The van der Waals surface area contributed by atoms with E-state index in [2.05, 4.69) is 0 Å². The molecule has 0 atom stereocenters. The van der Waals surface area contributed by atoms with E-state index in [1.165, 1.54) is 0 Å². The van der Waals surface area contributed by atoms with Gasteiger partial charge in [0.25, 0.3) is 0 Å². The van der Waals surface area contributed by atoms with Crippen molar-refractivity contribution >= 4 is 24.7 Å².